The van der Waals surface area contributed by atoms with Crippen molar-refractivity contribution in [3.05, 3.63) is 19.8 Å². The van der Waals surface area contributed by atoms with E-state index in [2.05, 4.69) is 21.2 Å². The summed E-state index contributed by atoms with van der Waals surface area (Å²) < 4.78 is 1.71. The Labute approximate surface area is 108 Å². The van der Waals surface area contributed by atoms with E-state index >= 15 is 0 Å². The molecule has 1 atom stereocenters. The average molecular weight is 313 g/mol. The van der Waals surface area contributed by atoms with Crippen LogP contribution in [0.15, 0.2) is 10.5 Å². The number of thiophene rings is 1. The zero-order valence-electron chi connectivity index (χ0n) is 8.76. The first-order valence-corrected chi connectivity index (χ1v) is 6.82. The van der Waals surface area contributed by atoms with Crippen LogP contribution in [-0.2, 0) is 6.54 Å². The zero-order valence-corrected chi connectivity index (χ0v) is 11.9. The third kappa shape index (κ3) is 4.41. The lowest BCUT2D eigenvalue weighted by Gasteiger charge is -2.14. The highest BCUT2D eigenvalue weighted by atomic mass is 79.9. The largest absolute Gasteiger partial charge is 0.392 e. The summed E-state index contributed by atoms with van der Waals surface area (Å²) in [5.41, 5.74) is 0. The van der Waals surface area contributed by atoms with Gasteiger partial charge in [-0.1, -0.05) is 25.4 Å². The van der Waals surface area contributed by atoms with Gasteiger partial charge in [0.25, 0.3) is 0 Å². The Kier molecular flexibility index (Phi) is 5.57. The minimum absolute atomic E-state index is 0.288. The molecule has 86 valence electrons. The van der Waals surface area contributed by atoms with E-state index in [1.54, 1.807) is 11.3 Å². The summed E-state index contributed by atoms with van der Waals surface area (Å²) in [6.07, 6.45) is -0.288. The molecule has 15 heavy (non-hydrogen) atoms. The number of aliphatic hydroxyl groups is 1. The second-order valence-corrected chi connectivity index (χ2v) is 6.37. The summed E-state index contributed by atoms with van der Waals surface area (Å²) in [7, 11) is 0. The van der Waals surface area contributed by atoms with Crippen molar-refractivity contribution in [2.75, 3.05) is 6.54 Å². The highest BCUT2D eigenvalue weighted by molar-refractivity contribution is 9.10. The van der Waals surface area contributed by atoms with Gasteiger partial charge in [0.05, 0.1) is 6.10 Å². The Bertz CT molecular complexity index is 297. The smallest absolute Gasteiger partial charge is 0.107 e. The molecule has 1 rings (SSSR count). The fourth-order valence-corrected chi connectivity index (χ4v) is 2.82. The van der Waals surface area contributed by atoms with Crippen molar-refractivity contribution in [2.24, 2.45) is 5.92 Å². The molecule has 0 aromatic carbocycles. The molecule has 2 N–H and O–H groups in total. The molecule has 0 spiro atoms. The zero-order chi connectivity index (χ0) is 11.4. The van der Waals surface area contributed by atoms with Gasteiger partial charge < -0.3 is 10.4 Å². The molecule has 0 saturated heterocycles. The van der Waals surface area contributed by atoms with E-state index in [0.717, 1.165) is 15.4 Å². The summed E-state index contributed by atoms with van der Waals surface area (Å²) in [4.78, 5) is 1.17. The monoisotopic (exact) mass is 311 g/mol. The molecule has 1 unspecified atom stereocenters. The predicted octanol–water partition coefficient (Wildman–Crippen LogP) is 3.27. The van der Waals surface area contributed by atoms with Crippen LogP contribution in [0.1, 0.15) is 18.7 Å². The Morgan fingerprint density at radius 1 is 1.60 bits per heavy atom. The number of aliphatic hydroxyl groups excluding tert-OH is 1. The molecule has 0 aliphatic heterocycles. The Balaban J connectivity index is 2.32. The third-order valence-corrected chi connectivity index (χ3v) is 4.59. The highest BCUT2D eigenvalue weighted by Crippen LogP contribution is 2.31. The topological polar surface area (TPSA) is 32.3 Å². The van der Waals surface area contributed by atoms with Gasteiger partial charge in [-0.15, -0.1) is 11.3 Å². The van der Waals surface area contributed by atoms with E-state index in [9.17, 15) is 5.11 Å². The fourth-order valence-electron chi connectivity index (χ4n) is 1.06. The quantitative estimate of drug-likeness (QED) is 0.874. The van der Waals surface area contributed by atoms with Crippen molar-refractivity contribution in [2.45, 2.75) is 26.5 Å². The van der Waals surface area contributed by atoms with Crippen molar-refractivity contribution >= 4 is 38.9 Å². The standard InChI is InChI=1S/C10H15BrClNOS/c1-6(2)9(14)5-13-4-7-3-8(11)10(12)15-7/h3,6,9,13-14H,4-5H2,1-2H3. The number of nitrogens with one attached hydrogen (secondary N) is 1. The molecule has 1 aromatic heterocycles. The van der Waals surface area contributed by atoms with Crippen molar-refractivity contribution < 1.29 is 5.11 Å². The van der Waals surface area contributed by atoms with Crippen LogP contribution >= 0.6 is 38.9 Å². The highest BCUT2D eigenvalue weighted by Gasteiger charge is 2.09. The lowest BCUT2D eigenvalue weighted by molar-refractivity contribution is 0.123. The molecular weight excluding hydrogens is 298 g/mol. The van der Waals surface area contributed by atoms with Crippen LogP contribution in [-0.4, -0.2) is 17.8 Å². The number of hydrogen-bond donors (Lipinski definition) is 2. The number of hydrogen-bond acceptors (Lipinski definition) is 3. The van der Waals surface area contributed by atoms with E-state index in [1.807, 2.05) is 19.9 Å². The van der Waals surface area contributed by atoms with Crippen LogP contribution < -0.4 is 5.32 Å². The van der Waals surface area contributed by atoms with Gasteiger partial charge in [0, 0.05) is 22.4 Å². The van der Waals surface area contributed by atoms with Gasteiger partial charge in [0.1, 0.15) is 4.34 Å². The minimum Gasteiger partial charge on any atom is -0.392 e. The number of rotatable bonds is 5. The Hall–Kier alpha value is 0.390. The van der Waals surface area contributed by atoms with Gasteiger partial charge in [-0.25, -0.2) is 0 Å². The van der Waals surface area contributed by atoms with Gasteiger partial charge in [-0.3, -0.25) is 0 Å². The summed E-state index contributed by atoms with van der Waals surface area (Å²) in [6.45, 7) is 5.38. The van der Waals surface area contributed by atoms with Crippen molar-refractivity contribution in [3.63, 3.8) is 0 Å². The average Bonchev–Trinajstić information content (AvgIpc) is 2.46. The van der Waals surface area contributed by atoms with E-state index in [1.165, 1.54) is 4.88 Å². The van der Waals surface area contributed by atoms with E-state index in [0.29, 0.717) is 6.54 Å². The SMILES string of the molecule is CC(C)C(O)CNCc1cc(Br)c(Cl)s1. The molecule has 5 heteroatoms. The first kappa shape index (κ1) is 13.5. The van der Waals surface area contributed by atoms with Crippen LogP contribution in [0.4, 0.5) is 0 Å². The maximum atomic E-state index is 9.57. The molecular formula is C10H15BrClNOS. The maximum Gasteiger partial charge on any atom is 0.107 e. The van der Waals surface area contributed by atoms with Crippen LogP contribution in [0.25, 0.3) is 0 Å². The van der Waals surface area contributed by atoms with Gasteiger partial charge in [0.15, 0.2) is 0 Å². The molecule has 1 aromatic rings. The lowest BCUT2D eigenvalue weighted by Crippen LogP contribution is -2.29. The first-order chi connectivity index (χ1) is 7.00. The molecule has 0 aliphatic rings. The fraction of sp³-hybridized carbons (Fsp3) is 0.600. The molecule has 0 amide bonds. The number of halogens is 2. The Morgan fingerprint density at radius 2 is 2.27 bits per heavy atom. The van der Waals surface area contributed by atoms with Crippen LogP contribution in [0.2, 0.25) is 4.34 Å². The summed E-state index contributed by atoms with van der Waals surface area (Å²) in [5, 5.41) is 12.8. The molecule has 0 radical (unpaired) electrons. The van der Waals surface area contributed by atoms with E-state index in [-0.39, 0.29) is 12.0 Å². The predicted molar refractivity (Wildman–Crippen MR) is 69.6 cm³/mol. The van der Waals surface area contributed by atoms with E-state index in [4.69, 9.17) is 11.6 Å². The summed E-state index contributed by atoms with van der Waals surface area (Å²) in [6, 6.07) is 2.00. The second kappa shape index (κ2) is 6.21. The molecule has 1 heterocycles. The normalized spacial score (nSPS) is 13.5. The molecule has 0 fully saturated rings. The molecule has 0 saturated carbocycles. The van der Waals surface area contributed by atoms with Gasteiger partial charge in [-0.05, 0) is 27.9 Å². The maximum absolute atomic E-state index is 9.57. The molecule has 0 aliphatic carbocycles. The van der Waals surface area contributed by atoms with Crippen molar-refractivity contribution in [1.29, 1.82) is 0 Å². The molecule has 2 nitrogen and oxygen atoms in total. The van der Waals surface area contributed by atoms with Gasteiger partial charge in [0.2, 0.25) is 0 Å². The first-order valence-electron chi connectivity index (χ1n) is 4.83. The van der Waals surface area contributed by atoms with Crippen molar-refractivity contribution in [1.82, 2.24) is 5.32 Å². The van der Waals surface area contributed by atoms with Crippen LogP contribution in [0.3, 0.4) is 0 Å². The van der Waals surface area contributed by atoms with Gasteiger partial charge >= 0.3 is 0 Å². The molecule has 0 bridgehead atoms. The Morgan fingerprint density at radius 3 is 2.73 bits per heavy atom. The van der Waals surface area contributed by atoms with Crippen molar-refractivity contribution in [3.8, 4) is 0 Å². The summed E-state index contributed by atoms with van der Waals surface area (Å²) >= 11 is 10.8. The third-order valence-electron chi connectivity index (χ3n) is 2.12. The summed E-state index contributed by atoms with van der Waals surface area (Å²) in [5.74, 6) is 0.288. The van der Waals surface area contributed by atoms with Gasteiger partial charge in [-0.2, -0.15) is 0 Å². The lowest BCUT2D eigenvalue weighted by atomic mass is 10.1. The van der Waals surface area contributed by atoms with Crippen LogP contribution in [0.5, 0.6) is 0 Å². The van der Waals surface area contributed by atoms with E-state index < -0.39 is 0 Å². The second-order valence-electron chi connectivity index (χ2n) is 3.78. The minimum atomic E-state index is -0.288. The van der Waals surface area contributed by atoms with Crippen LogP contribution in [0, 0.1) is 5.92 Å².